The SMILES string of the molecule is Cn1cc(CCNC(=O)CCS)cn1. The van der Waals surface area contributed by atoms with Gasteiger partial charge in [0.25, 0.3) is 0 Å². The van der Waals surface area contributed by atoms with Crippen LogP contribution in [0, 0.1) is 0 Å². The largest absolute Gasteiger partial charge is 0.356 e. The van der Waals surface area contributed by atoms with E-state index in [4.69, 9.17) is 0 Å². The lowest BCUT2D eigenvalue weighted by Crippen LogP contribution is -2.25. The minimum absolute atomic E-state index is 0.0592. The fourth-order valence-corrected chi connectivity index (χ4v) is 1.34. The van der Waals surface area contributed by atoms with E-state index in [-0.39, 0.29) is 5.91 Å². The summed E-state index contributed by atoms with van der Waals surface area (Å²) >= 11 is 3.98. The van der Waals surface area contributed by atoms with Crippen LogP contribution in [0.15, 0.2) is 12.4 Å². The lowest BCUT2D eigenvalue weighted by atomic mass is 10.2. The molecule has 0 spiro atoms. The first-order valence-corrected chi connectivity index (χ1v) is 5.20. The molecule has 1 aromatic heterocycles. The molecular weight excluding hydrogens is 198 g/mol. The number of aryl methyl sites for hydroxylation is 1. The fraction of sp³-hybridized carbons (Fsp3) is 0.556. The van der Waals surface area contributed by atoms with Crippen LogP contribution in [0.5, 0.6) is 0 Å². The highest BCUT2D eigenvalue weighted by molar-refractivity contribution is 7.80. The van der Waals surface area contributed by atoms with E-state index in [1.807, 2.05) is 19.4 Å². The van der Waals surface area contributed by atoms with E-state index in [9.17, 15) is 4.79 Å². The van der Waals surface area contributed by atoms with E-state index in [2.05, 4.69) is 23.0 Å². The Morgan fingerprint density at radius 3 is 3.07 bits per heavy atom. The monoisotopic (exact) mass is 213 g/mol. The van der Waals surface area contributed by atoms with E-state index in [0.717, 1.165) is 12.0 Å². The number of carbonyl (C=O) groups excluding carboxylic acids is 1. The van der Waals surface area contributed by atoms with Crippen molar-refractivity contribution >= 4 is 18.5 Å². The van der Waals surface area contributed by atoms with Gasteiger partial charge in [-0.2, -0.15) is 17.7 Å². The van der Waals surface area contributed by atoms with Crippen molar-refractivity contribution in [3.8, 4) is 0 Å². The average molecular weight is 213 g/mol. The number of nitrogens with one attached hydrogen (secondary N) is 1. The van der Waals surface area contributed by atoms with Crippen molar-refractivity contribution in [2.75, 3.05) is 12.3 Å². The second kappa shape index (κ2) is 5.70. The number of rotatable bonds is 5. The van der Waals surface area contributed by atoms with Crippen LogP contribution in [0.2, 0.25) is 0 Å². The zero-order chi connectivity index (χ0) is 10.4. The third-order valence-corrected chi connectivity index (χ3v) is 2.06. The highest BCUT2D eigenvalue weighted by Crippen LogP contribution is 1.96. The standard InChI is InChI=1S/C9H15N3OS/c1-12-7-8(6-11-12)2-4-10-9(13)3-5-14/h6-7,14H,2-5H2,1H3,(H,10,13). The summed E-state index contributed by atoms with van der Waals surface area (Å²) in [5, 5.41) is 6.86. The Balaban J connectivity index is 2.18. The summed E-state index contributed by atoms with van der Waals surface area (Å²) in [4.78, 5) is 11.1. The number of amides is 1. The fourth-order valence-electron chi connectivity index (χ4n) is 1.14. The van der Waals surface area contributed by atoms with Gasteiger partial charge in [-0.3, -0.25) is 9.48 Å². The Hall–Kier alpha value is -0.970. The summed E-state index contributed by atoms with van der Waals surface area (Å²) in [7, 11) is 1.88. The summed E-state index contributed by atoms with van der Waals surface area (Å²) in [6, 6.07) is 0. The predicted molar refractivity (Wildman–Crippen MR) is 58.4 cm³/mol. The van der Waals surface area contributed by atoms with E-state index < -0.39 is 0 Å². The summed E-state index contributed by atoms with van der Waals surface area (Å²) in [5.41, 5.74) is 1.14. The highest BCUT2D eigenvalue weighted by atomic mass is 32.1. The molecule has 1 N–H and O–H groups in total. The minimum Gasteiger partial charge on any atom is -0.356 e. The van der Waals surface area contributed by atoms with Gasteiger partial charge in [0.1, 0.15) is 0 Å². The van der Waals surface area contributed by atoms with Crippen molar-refractivity contribution in [1.29, 1.82) is 0 Å². The van der Waals surface area contributed by atoms with Gasteiger partial charge in [-0.1, -0.05) is 0 Å². The van der Waals surface area contributed by atoms with Crippen molar-refractivity contribution in [2.24, 2.45) is 7.05 Å². The number of nitrogens with zero attached hydrogens (tertiary/aromatic N) is 2. The molecule has 14 heavy (non-hydrogen) atoms. The van der Waals surface area contributed by atoms with Gasteiger partial charge in [-0.15, -0.1) is 0 Å². The molecular formula is C9H15N3OS. The van der Waals surface area contributed by atoms with Crippen LogP contribution in [0.1, 0.15) is 12.0 Å². The number of carbonyl (C=O) groups is 1. The zero-order valence-corrected chi connectivity index (χ0v) is 9.13. The first-order valence-electron chi connectivity index (χ1n) is 4.57. The normalized spacial score (nSPS) is 10.1. The van der Waals surface area contributed by atoms with E-state index in [1.165, 1.54) is 0 Å². The van der Waals surface area contributed by atoms with Crippen LogP contribution in [0.3, 0.4) is 0 Å². The van der Waals surface area contributed by atoms with Crippen molar-refractivity contribution < 1.29 is 4.79 Å². The van der Waals surface area contributed by atoms with Crippen LogP contribution in [-0.4, -0.2) is 28.0 Å². The van der Waals surface area contributed by atoms with E-state index >= 15 is 0 Å². The summed E-state index contributed by atoms with van der Waals surface area (Å²) < 4.78 is 1.75. The van der Waals surface area contributed by atoms with Crippen LogP contribution in [0.4, 0.5) is 0 Å². The molecule has 0 aliphatic carbocycles. The van der Waals surface area contributed by atoms with Gasteiger partial charge in [0.2, 0.25) is 5.91 Å². The topological polar surface area (TPSA) is 46.9 Å². The van der Waals surface area contributed by atoms with Crippen molar-refractivity contribution in [1.82, 2.24) is 15.1 Å². The number of hydrogen-bond donors (Lipinski definition) is 2. The van der Waals surface area contributed by atoms with Gasteiger partial charge in [-0.05, 0) is 17.7 Å². The maximum absolute atomic E-state index is 11.1. The van der Waals surface area contributed by atoms with Crippen molar-refractivity contribution in [3.05, 3.63) is 18.0 Å². The number of aromatic nitrogens is 2. The highest BCUT2D eigenvalue weighted by Gasteiger charge is 1.99. The third kappa shape index (κ3) is 3.83. The van der Waals surface area contributed by atoms with Gasteiger partial charge in [0.05, 0.1) is 6.20 Å². The molecule has 1 rings (SSSR count). The predicted octanol–water partition coefficient (Wildman–Crippen LogP) is 0.399. The molecule has 4 nitrogen and oxygen atoms in total. The Labute approximate surface area is 89.1 Å². The minimum atomic E-state index is 0.0592. The molecule has 1 aromatic rings. The Bertz CT molecular complexity index is 298. The maximum atomic E-state index is 11.1. The molecule has 0 aliphatic heterocycles. The lowest BCUT2D eigenvalue weighted by molar-refractivity contribution is -0.120. The van der Waals surface area contributed by atoms with Crippen LogP contribution < -0.4 is 5.32 Å². The summed E-state index contributed by atoms with van der Waals surface area (Å²) in [6.07, 6.45) is 5.07. The van der Waals surface area contributed by atoms with Crippen LogP contribution in [0.25, 0.3) is 0 Å². The Morgan fingerprint density at radius 2 is 2.50 bits per heavy atom. The molecule has 0 atom stereocenters. The molecule has 0 saturated carbocycles. The second-order valence-corrected chi connectivity index (χ2v) is 3.54. The lowest BCUT2D eigenvalue weighted by Gasteiger charge is -2.01. The smallest absolute Gasteiger partial charge is 0.220 e. The molecule has 1 heterocycles. The van der Waals surface area contributed by atoms with Gasteiger partial charge >= 0.3 is 0 Å². The summed E-state index contributed by atoms with van der Waals surface area (Å²) in [5.74, 6) is 0.655. The molecule has 0 bridgehead atoms. The van der Waals surface area contributed by atoms with E-state index in [0.29, 0.717) is 18.7 Å². The molecule has 0 aliphatic rings. The Kier molecular flexibility index (Phi) is 4.52. The molecule has 5 heteroatoms. The first kappa shape index (κ1) is 11.1. The third-order valence-electron chi connectivity index (χ3n) is 1.83. The molecule has 1 amide bonds. The van der Waals surface area contributed by atoms with Gasteiger partial charge in [-0.25, -0.2) is 0 Å². The average Bonchev–Trinajstić information content (AvgIpc) is 2.52. The molecule has 0 aromatic carbocycles. The zero-order valence-electron chi connectivity index (χ0n) is 8.23. The van der Waals surface area contributed by atoms with E-state index in [1.54, 1.807) is 4.68 Å². The van der Waals surface area contributed by atoms with Crippen LogP contribution in [-0.2, 0) is 18.3 Å². The maximum Gasteiger partial charge on any atom is 0.220 e. The van der Waals surface area contributed by atoms with Crippen molar-refractivity contribution in [2.45, 2.75) is 12.8 Å². The number of thiol groups is 1. The van der Waals surface area contributed by atoms with Gasteiger partial charge in [0.15, 0.2) is 0 Å². The van der Waals surface area contributed by atoms with Gasteiger partial charge < -0.3 is 5.32 Å². The molecule has 0 saturated heterocycles. The van der Waals surface area contributed by atoms with Gasteiger partial charge in [0, 0.05) is 26.2 Å². The quantitative estimate of drug-likeness (QED) is 0.695. The van der Waals surface area contributed by atoms with Crippen LogP contribution >= 0.6 is 12.6 Å². The first-order chi connectivity index (χ1) is 6.72. The summed E-state index contributed by atoms with van der Waals surface area (Å²) in [6.45, 7) is 0.665. The molecule has 78 valence electrons. The van der Waals surface area contributed by atoms with Crippen molar-refractivity contribution in [3.63, 3.8) is 0 Å². The second-order valence-electron chi connectivity index (χ2n) is 3.10. The molecule has 0 fully saturated rings. The number of hydrogen-bond acceptors (Lipinski definition) is 3. The molecule has 0 unspecified atom stereocenters. The Morgan fingerprint density at radius 1 is 1.71 bits per heavy atom. The molecule has 0 radical (unpaired) electrons.